The van der Waals surface area contributed by atoms with Crippen molar-refractivity contribution < 1.29 is 22.5 Å². The molecule has 0 unspecified atom stereocenters. The molecule has 0 aliphatic heterocycles. The first kappa shape index (κ1) is 22.3. The Morgan fingerprint density at radius 2 is 1.97 bits per heavy atom. The van der Waals surface area contributed by atoms with Crippen LogP contribution in [0, 0.1) is 28.3 Å². The van der Waals surface area contributed by atoms with Gasteiger partial charge < -0.3 is 4.57 Å². The van der Waals surface area contributed by atoms with E-state index in [-0.39, 0.29) is 40.5 Å². The molecule has 1 aromatic heterocycles. The molecule has 0 fully saturated rings. The van der Waals surface area contributed by atoms with Crippen LogP contribution >= 0.6 is 11.3 Å². The molecule has 11 heteroatoms. The van der Waals surface area contributed by atoms with E-state index in [0.717, 1.165) is 23.5 Å². The van der Waals surface area contributed by atoms with Crippen molar-refractivity contribution in [2.75, 3.05) is 5.75 Å². The van der Waals surface area contributed by atoms with Crippen molar-refractivity contribution in [1.82, 2.24) is 4.57 Å². The van der Waals surface area contributed by atoms with E-state index in [9.17, 15) is 27.7 Å². The van der Waals surface area contributed by atoms with Crippen molar-refractivity contribution in [3.05, 3.63) is 63.2 Å². The van der Waals surface area contributed by atoms with Gasteiger partial charge in [0.2, 0.25) is 5.91 Å². The van der Waals surface area contributed by atoms with Gasteiger partial charge in [-0.25, -0.2) is 12.8 Å². The fourth-order valence-corrected chi connectivity index (χ4v) is 5.17. The van der Waals surface area contributed by atoms with Gasteiger partial charge in [0.15, 0.2) is 14.6 Å². The average Bonchev–Trinajstić information content (AvgIpc) is 3.04. The van der Waals surface area contributed by atoms with Crippen molar-refractivity contribution in [3.63, 3.8) is 0 Å². The van der Waals surface area contributed by atoms with Gasteiger partial charge in [0.25, 0.3) is 5.69 Å². The number of carbonyl (C=O) groups is 1. The lowest BCUT2D eigenvalue weighted by Crippen LogP contribution is -2.17. The maximum Gasteiger partial charge on any atom is 0.271 e. The summed E-state index contributed by atoms with van der Waals surface area (Å²) in [6, 6.07) is 8.75. The van der Waals surface area contributed by atoms with Crippen molar-refractivity contribution in [2.45, 2.75) is 24.3 Å². The number of thiazole rings is 1. The monoisotopic (exact) mass is 461 g/mol. The Morgan fingerprint density at radius 3 is 2.61 bits per heavy atom. The smallest absolute Gasteiger partial charge is 0.271 e. The fourth-order valence-electron chi connectivity index (χ4n) is 2.84. The van der Waals surface area contributed by atoms with Crippen LogP contribution < -0.4 is 4.80 Å². The highest BCUT2D eigenvalue weighted by molar-refractivity contribution is 7.91. The molecule has 0 saturated heterocycles. The van der Waals surface area contributed by atoms with Crippen molar-refractivity contribution in [2.24, 2.45) is 4.99 Å². The van der Waals surface area contributed by atoms with E-state index in [1.54, 1.807) is 6.07 Å². The van der Waals surface area contributed by atoms with Crippen LogP contribution in [0.5, 0.6) is 0 Å². The Morgan fingerprint density at radius 1 is 1.26 bits per heavy atom. The Kier molecular flexibility index (Phi) is 6.62. The molecule has 0 radical (unpaired) electrons. The summed E-state index contributed by atoms with van der Waals surface area (Å²) in [7, 11) is -3.65. The summed E-state index contributed by atoms with van der Waals surface area (Å²) in [6.07, 6.45) is 5.30. The lowest BCUT2D eigenvalue weighted by molar-refractivity contribution is -0.384. The van der Waals surface area contributed by atoms with Gasteiger partial charge in [-0.3, -0.25) is 14.9 Å². The predicted octanol–water partition coefficient (Wildman–Crippen LogP) is 3.06. The Bertz CT molecular complexity index is 1370. The van der Waals surface area contributed by atoms with E-state index in [0.29, 0.717) is 10.2 Å². The average molecular weight is 461 g/mol. The molecule has 0 atom stereocenters. The summed E-state index contributed by atoms with van der Waals surface area (Å²) in [6.45, 7) is 0.0617. The zero-order valence-electron chi connectivity index (χ0n) is 16.0. The summed E-state index contributed by atoms with van der Waals surface area (Å²) >= 11 is 1.15. The molecule has 0 N–H and O–H groups in total. The number of nitro benzene ring substituents is 1. The van der Waals surface area contributed by atoms with E-state index in [1.807, 2.05) is 0 Å². The van der Waals surface area contributed by atoms with Crippen LogP contribution in [0.2, 0.25) is 0 Å². The summed E-state index contributed by atoms with van der Waals surface area (Å²) in [5.41, 5.74) is 0.377. The fraction of sp³-hybridized carbons (Fsp3) is 0.200. The number of sulfone groups is 1. The van der Waals surface area contributed by atoms with Crippen LogP contribution in [0.4, 0.5) is 10.1 Å². The number of carbonyl (C=O) groups excluding carboxylic acids is 1. The maximum absolute atomic E-state index is 13.0. The third-order valence-electron chi connectivity index (χ3n) is 4.32. The lowest BCUT2D eigenvalue weighted by Gasteiger charge is -2.03. The molecule has 160 valence electrons. The van der Waals surface area contributed by atoms with Gasteiger partial charge in [-0.1, -0.05) is 17.3 Å². The number of terminal acetylenes is 1. The molecule has 8 nitrogen and oxygen atoms in total. The number of hydrogen-bond donors (Lipinski definition) is 0. The SMILES string of the molecule is C#CCn1c(=NC(=O)CCCS(=O)(=O)c2ccc(F)cc2)sc2ccc([N+](=O)[O-])cc21. The second-order valence-corrected chi connectivity index (χ2v) is 9.58. The highest BCUT2D eigenvalue weighted by Gasteiger charge is 2.16. The number of hydrogen-bond acceptors (Lipinski definition) is 6. The van der Waals surface area contributed by atoms with E-state index >= 15 is 0 Å². The van der Waals surface area contributed by atoms with Gasteiger partial charge in [0, 0.05) is 18.6 Å². The van der Waals surface area contributed by atoms with Crippen LogP contribution in [0.1, 0.15) is 12.8 Å². The van der Waals surface area contributed by atoms with Crippen molar-refractivity contribution >= 4 is 43.0 Å². The van der Waals surface area contributed by atoms with Crippen molar-refractivity contribution in [1.29, 1.82) is 0 Å². The third kappa shape index (κ3) is 5.22. The quantitative estimate of drug-likeness (QED) is 0.232. The van der Waals surface area contributed by atoms with Gasteiger partial charge in [0.1, 0.15) is 5.82 Å². The molecule has 31 heavy (non-hydrogen) atoms. The molecule has 2 aromatic carbocycles. The van der Waals surface area contributed by atoms with E-state index in [2.05, 4.69) is 10.9 Å². The van der Waals surface area contributed by atoms with Crippen LogP contribution in [-0.4, -0.2) is 29.6 Å². The highest BCUT2D eigenvalue weighted by Crippen LogP contribution is 2.23. The minimum atomic E-state index is -3.65. The third-order valence-corrected chi connectivity index (χ3v) is 7.20. The van der Waals surface area contributed by atoms with Crippen molar-refractivity contribution in [3.8, 4) is 12.3 Å². The second-order valence-electron chi connectivity index (χ2n) is 6.47. The van der Waals surface area contributed by atoms with Crippen LogP contribution in [0.25, 0.3) is 10.2 Å². The van der Waals surface area contributed by atoms with Gasteiger partial charge in [-0.05, 0) is 36.8 Å². The van der Waals surface area contributed by atoms with Gasteiger partial charge in [-0.2, -0.15) is 4.99 Å². The standard InChI is InChI=1S/C20H16FN3O5S2/c1-2-11-23-17-13-15(24(26)27)7-10-18(17)30-20(23)22-19(25)4-3-12-31(28,29)16-8-5-14(21)6-9-16/h1,5-10,13H,3-4,11-12H2. The van der Waals surface area contributed by atoms with Crippen LogP contribution in [0.3, 0.4) is 0 Å². The Balaban J connectivity index is 1.79. The first-order chi connectivity index (χ1) is 14.7. The topological polar surface area (TPSA) is 112 Å². The Hall–Kier alpha value is -3.36. The van der Waals surface area contributed by atoms with Gasteiger partial charge in [0.05, 0.1) is 32.3 Å². The summed E-state index contributed by atoms with van der Waals surface area (Å²) in [4.78, 5) is 27.1. The number of amides is 1. The molecular weight excluding hydrogens is 445 g/mol. The normalized spacial score (nSPS) is 12.1. The number of non-ortho nitro benzene ring substituents is 1. The highest BCUT2D eigenvalue weighted by atomic mass is 32.2. The summed E-state index contributed by atoms with van der Waals surface area (Å²) in [5.74, 6) is 1.06. The first-order valence-corrected chi connectivity index (χ1v) is 11.5. The molecule has 1 amide bonds. The van der Waals surface area contributed by atoms with E-state index < -0.39 is 26.5 Å². The molecule has 3 rings (SSSR count). The minimum absolute atomic E-state index is 0.0174. The number of aromatic nitrogens is 1. The first-order valence-electron chi connectivity index (χ1n) is 8.98. The second kappa shape index (κ2) is 9.20. The van der Waals surface area contributed by atoms with Gasteiger partial charge >= 0.3 is 0 Å². The zero-order valence-corrected chi connectivity index (χ0v) is 17.7. The lowest BCUT2D eigenvalue weighted by atomic mass is 10.3. The van der Waals surface area contributed by atoms with E-state index in [1.165, 1.54) is 28.8 Å². The molecular formula is C20H16FN3O5S2. The number of rotatable bonds is 7. The molecule has 0 aliphatic rings. The van der Waals surface area contributed by atoms with Crippen LogP contribution in [0.15, 0.2) is 52.4 Å². The number of fused-ring (bicyclic) bond motifs is 1. The molecule has 3 aromatic rings. The maximum atomic E-state index is 13.0. The Labute approximate surface area is 180 Å². The van der Waals surface area contributed by atoms with Crippen LogP contribution in [-0.2, 0) is 21.2 Å². The molecule has 0 aliphatic carbocycles. The number of benzene rings is 2. The molecule has 0 bridgehead atoms. The summed E-state index contributed by atoms with van der Waals surface area (Å²) in [5, 5.41) is 11.0. The summed E-state index contributed by atoms with van der Waals surface area (Å²) < 4.78 is 39.7. The largest absolute Gasteiger partial charge is 0.304 e. The number of nitrogens with zero attached hydrogens (tertiary/aromatic N) is 3. The minimum Gasteiger partial charge on any atom is -0.304 e. The number of halogens is 1. The molecule has 0 spiro atoms. The van der Waals surface area contributed by atoms with E-state index in [4.69, 9.17) is 6.42 Å². The molecule has 0 saturated carbocycles. The predicted molar refractivity (Wildman–Crippen MR) is 114 cm³/mol. The zero-order chi connectivity index (χ0) is 22.6. The molecule has 1 heterocycles. The number of nitro groups is 1. The van der Waals surface area contributed by atoms with Gasteiger partial charge in [-0.15, -0.1) is 6.42 Å².